The number of carbonyl (C=O) groups is 1. The summed E-state index contributed by atoms with van der Waals surface area (Å²) in [4.78, 5) is 12.4. The molecule has 1 heterocycles. The molecule has 1 aliphatic carbocycles. The number of rotatable bonds is 3. The molecule has 1 aromatic heterocycles. The van der Waals surface area contributed by atoms with Gasteiger partial charge < -0.3 is 5.32 Å². The van der Waals surface area contributed by atoms with Gasteiger partial charge in [0.2, 0.25) is 0 Å². The SMILES string of the molecule is Cc1ccccc1C(=O)Nc1ccnn1C1CCCCC1. The first-order valence-corrected chi connectivity index (χ1v) is 7.66. The van der Waals surface area contributed by atoms with Crippen molar-refractivity contribution in [3.63, 3.8) is 0 Å². The largest absolute Gasteiger partial charge is 0.307 e. The van der Waals surface area contributed by atoms with Crippen molar-refractivity contribution in [3.05, 3.63) is 47.7 Å². The van der Waals surface area contributed by atoms with Crippen molar-refractivity contribution in [1.29, 1.82) is 0 Å². The molecule has 2 aromatic rings. The summed E-state index contributed by atoms with van der Waals surface area (Å²) in [6.45, 7) is 1.95. The van der Waals surface area contributed by atoms with Gasteiger partial charge in [0.1, 0.15) is 5.82 Å². The highest BCUT2D eigenvalue weighted by molar-refractivity contribution is 6.04. The molecule has 1 aromatic carbocycles. The van der Waals surface area contributed by atoms with Crippen LogP contribution in [0.25, 0.3) is 0 Å². The minimum absolute atomic E-state index is 0.0642. The second-order valence-corrected chi connectivity index (χ2v) is 5.72. The van der Waals surface area contributed by atoms with Crippen LogP contribution in [0.3, 0.4) is 0 Å². The van der Waals surface area contributed by atoms with E-state index in [-0.39, 0.29) is 5.91 Å². The van der Waals surface area contributed by atoms with Crippen LogP contribution in [0.1, 0.15) is 54.1 Å². The normalized spacial score (nSPS) is 15.9. The molecule has 0 radical (unpaired) electrons. The van der Waals surface area contributed by atoms with E-state index < -0.39 is 0 Å². The molecular formula is C17H21N3O. The number of anilines is 1. The van der Waals surface area contributed by atoms with Crippen molar-refractivity contribution in [2.75, 3.05) is 5.32 Å². The third-order valence-corrected chi connectivity index (χ3v) is 4.22. The number of nitrogens with one attached hydrogen (secondary N) is 1. The Morgan fingerprint density at radius 2 is 1.95 bits per heavy atom. The Balaban J connectivity index is 1.78. The first-order chi connectivity index (χ1) is 10.3. The predicted octanol–water partition coefficient (Wildman–Crippen LogP) is 3.95. The van der Waals surface area contributed by atoms with Crippen LogP contribution in [-0.2, 0) is 0 Å². The van der Waals surface area contributed by atoms with Crippen molar-refractivity contribution in [3.8, 4) is 0 Å². The van der Waals surface area contributed by atoms with Gasteiger partial charge in [0, 0.05) is 11.6 Å². The van der Waals surface area contributed by atoms with Gasteiger partial charge in [0.05, 0.1) is 12.2 Å². The van der Waals surface area contributed by atoms with Crippen LogP contribution >= 0.6 is 0 Å². The second kappa shape index (κ2) is 6.12. The average molecular weight is 283 g/mol. The van der Waals surface area contributed by atoms with Gasteiger partial charge in [-0.2, -0.15) is 5.10 Å². The Kier molecular flexibility index (Phi) is 4.04. The molecule has 0 saturated heterocycles. The molecule has 1 saturated carbocycles. The standard InChI is InChI=1S/C17H21N3O/c1-13-7-5-6-10-15(13)17(21)19-16-11-12-18-20(16)14-8-3-2-4-9-14/h5-7,10-12,14H,2-4,8-9H2,1H3,(H,19,21). The first-order valence-electron chi connectivity index (χ1n) is 7.66. The zero-order valence-electron chi connectivity index (χ0n) is 12.4. The number of benzene rings is 1. The second-order valence-electron chi connectivity index (χ2n) is 5.72. The maximum atomic E-state index is 12.4. The molecule has 1 fully saturated rings. The van der Waals surface area contributed by atoms with Crippen LogP contribution in [0.4, 0.5) is 5.82 Å². The van der Waals surface area contributed by atoms with Gasteiger partial charge in [-0.1, -0.05) is 37.5 Å². The van der Waals surface area contributed by atoms with Gasteiger partial charge >= 0.3 is 0 Å². The number of nitrogens with zero attached hydrogens (tertiary/aromatic N) is 2. The van der Waals surface area contributed by atoms with Crippen LogP contribution < -0.4 is 5.32 Å². The third-order valence-electron chi connectivity index (χ3n) is 4.22. The van der Waals surface area contributed by atoms with Crippen LogP contribution in [0.5, 0.6) is 0 Å². The summed E-state index contributed by atoms with van der Waals surface area (Å²) >= 11 is 0. The lowest BCUT2D eigenvalue weighted by Gasteiger charge is -2.24. The summed E-state index contributed by atoms with van der Waals surface area (Å²) in [5.74, 6) is 0.737. The topological polar surface area (TPSA) is 46.9 Å². The van der Waals surface area contributed by atoms with Gasteiger partial charge in [-0.15, -0.1) is 0 Å². The Morgan fingerprint density at radius 1 is 1.19 bits per heavy atom. The molecule has 0 atom stereocenters. The van der Waals surface area contributed by atoms with Crippen molar-refractivity contribution in [2.24, 2.45) is 0 Å². The summed E-state index contributed by atoms with van der Waals surface area (Å²) in [5, 5.41) is 7.42. The lowest BCUT2D eigenvalue weighted by Crippen LogP contribution is -2.20. The van der Waals surface area contributed by atoms with E-state index in [0.29, 0.717) is 11.6 Å². The number of aryl methyl sites for hydroxylation is 1. The Morgan fingerprint density at radius 3 is 2.71 bits per heavy atom. The first kappa shape index (κ1) is 13.9. The van der Waals surface area contributed by atoms with E-state index in [1.165, 1.54) is 19.3 Å². The summed E-state index contributed by atoms with van der Waals surface area (Å²) in [6, 6.07) is 9.93. The fraction of sp³-hybridized carbons (Fsp3) is 0.412. The Labute approximate surface area is 125 Å². The molecule has 3 rings (SSSR count). The molecule has 4 heteroatoms. The Bertz CT molecular complexity index is 626. The van der Waals surface area contributed by atoms with E-state index in [2.05, 4.69) is 10.4 Å². The molecule has 1 aliphatic rings. The van der Waals surface area contributed by atoms with Gasteiger partial charge in [-0.05, 0) is 31.4 Å². The molecule has 21 heavy (non-hydrogen) atoms. The van der Waals surface area contributed by atoms with E-state index in [4.69, 9.17) is 0 Å². The maximum Gasteiger partial charge on any atom is 0.257 e. The summed E-state index contributed by atoms with van der Waals surface area (Å²) in [5.41, 5.74) is 1.70. The van der Waals surface area contributed by atoms with Crippen LogP contribution in [0.2, 0.25) is 0 Å². The quantitative estimate of drug-likeness (QED) is 0.927. The summed E-state index contributed by atoms with van der Waals surface area (Å²) in [6.07, 6.45) is 7.86. The van der Waals surface area contributed by atoms with Crippen LogP contribution in [0.15, 0.2) is 36.5 Å². The third kappa shape index (κ3) is 2.99. The highest BCUT2D eigenvalue weighted by atomic mass is 16.1. The zero-order chi connectivity index (χ0) is 14.7. The number of amides is 1. The lowest BCUT2D eigenvalue weighted by atomic mass is 9.96. The minimum atomic E-state index is -0.0642. The van der Waals surface area contributed by atoms with E-state index in [0.717, 1.165) is 24.2 Å². The summed E-state index contributed by atoms with van der Waals surface area (Å²) < 4.78 is 1.98. The van der Waals surface area contributed by atoms with E-state index in [1.807, 2.05) is 41.9 Å². The fourth-order valence-corrected chi connectivity index (χ4v) is 3.04. The van der Waals surface area contributed by atoms with E-state index >= 15 is 0 Å². The van der Waals surface area contributed by atoms with Gasteiger partial charge in [0.25, 0.3) is 5.91 Å². The minimum Gasteiger partial charge on any atom is -0.307 e. The highest BCUT2D eigenvalue weighted by Gasteiger charge is 2.19. The van der Waals surface area contributed by atoms with E-state index in [1.54, 1.807) is 6.20 Å². The predicted molar refractivity (Wildman–Crippen MR) is 83.5 cm³/mol. The Hall–Kier alpha value is -2.10. The maximum absolute atomic E-state index is 12.4. The van der Waals surface area contributed by atoms with Crippen molar-refractivity contribution < 1.29 is 4.79 Å². The van der Waals surface area contributed by atoms with Crippen molar-refractivity contribution >= 4 is 11.7 Å². The fourth-order valence-electron chi connectivity index (χ4n) is 3.04. The number of hydrogen-bond acceptors (Lipinski definition) is 2. The monoisotopic (exact) mass is 283 g/mol. The summed E-state index contributed by atoms with van der Waals surface area (Å²) in [7, 11) is 0. The lowest BCUT2D eigenvalue weighted by molar-refractivity contribution is 0.102. The number of hydrogen-bond donors (Lipinski definition) is 1. The molecule has 0 spiro atoms. The van der Waals surface area contributed by atoms with Crippen LogP contribution in [-0.4, -0.2) is 15.7 Å². The molecule has 0 aliphatic heterocycles. The van der Waals surface area contributed by atoms with Gasteiger partial charge in [-0.25, -0.2) is 4.68 Å². The van der Waals surface area contributed by atoms with Gasteiger partial charge in [0.15, 0.2) is 0 Å². The van der Waals surface area contributed by atoms with Crippen molar-refractivity contribution in [1.82, 2.24) is 9.78 Å². The highest BCUT2D eigenvalue weighted by Crippen LogP contribution is 2.30. The molecule has 0 unspecified atom stereocenters. The molecule has 1 N–H and O–H groups in total. The van der Waals surface area contributed by atoms with Gasteiger partial charge in [-0.3, -0.25) is 4.79 Å². The molecule has 4 nitrogen and oxygen atoms in total. The molecule has 1 amide bonds. The smallest absolute Gasteiger partial charge is 0.257 e. The number of aromatic nitrogens is 2. The van der Waals surface area contributed by atoms with E-state index in [9.17, 15) is 4.79 Å². The van der Waals surface area contributed by atoms with Crippen LogP contribution in [0, 0.1) is 6.92 Å². The molecular weight excluding hydrogens is 262 g/mol. The molecule has 0 bridgehead atoms. The molecule has 110 valence electrons. The zero-order valence-corrected chi connectivity index (χ0v) is 12.4. The number of carbonyl (C=O) groups excluding carboxylic acids is 1. The average Bonchev–Trinajstić information content (AvgIpc) is 2.96. The van der Waals surface area contributed by atoms with Crippen molar-refractivity contribution in [2.45, 2.75) is 45.1 Å².